The highest BCUT2D eigenvalue weighted by Gasteiger charge is 2.11. The lowest BCUT2D eigenvalue weighted by Crippen LogP contribution is -2.28. The lowest BCUT2D eigenvalue weighted by molar-refractivity contribution is 0.556. The molecule has 0 fully saturated rings. The van der Waals surface area contributed by atoms with Crippen molar-refractivity contribution in [2.45, 2.75) is 13.0 Å². The lowest BCUT2D eigenvalue weighted by atomic mass is 10.1. The molecule has 14 heavy (non-hydrogen) atoms. The molecule has 0 spiro atoms. The number of benzene rings is 1. The number of halogens is 2. The van der Waals surface area contributed by atoms with Crippen molar-refractivity contribution in [3.05, 3.63) is 34.1 Å². The fraction of sp³-hybridized carbons (Fsp3) is 0.400. The first-order valence-electron chi connectivity index (χ1n) is 4.57. The van der Waals surface area contributed by atoms with Gasteiger partial charge in [0.05, 0.1) is 0 Å². The summed E-state index contributed by atoms with van der Waals surface area (Å²) in [5.41, 5.74) is 6.62. The third-order valence-electron chi connectivity index (χ3n) is 2.02. The van der Waals surface area contributed by atoms with Crippen LogP contribution in [0.3, 0.4) is 0 Å². The molecular formula is C10H14BrFN2. The van der Waals surface area contributed by atoms with Crippen molar-refractivity contribution in [2.75, 3.05) is 13.1 Å². The summed E-state index contributed by atoms with van der Waals surface area (Å²) in [5, 5.41) is 3.23. The van der Waals surface area contributed by atoms with Gasteiger partial charge in [-0.25, -0.2) is 4.39 Å². The molecule has 0 saturated carbocycles. The van der Waals surface area contributed by atoms with Crippen LogP contribution in [0.5, 0.6) is 0 Å². The third-order valence-corrected chi connectivity index (χ3v) is 2.71. The minimum absolute atomic E-state index is 0.0787. The van der Waals surface area contributed by atoms with Gasteiger partial charge < -0.3 is 11.1 Å². The quantitative estimate of drug-likeness (QED) is 0.872. The summed E-state index contributed by atoms with van der Waals surface area (Å²) in [6.07, 6.45) is 0. The van der Waals surface area contributed by atoms with Gasteiger partial charge in [0.2, 0.25) is 0 Å². The van der Waals surface area contributed by atoms with Crippen molar-refractivity contribution in [1.29, 1.82) is 0 Å². The van der Waals surface area contributed by atoms with Gasteiger partial charge in [-0.1, -0.05) is 28.9 Å². The van der Waals surface area contributed by atoms with Crippen LogP contribution in [-0.2, 0) is 0 Å². The van der Waals surface area contributed by atoms with Crippen LogP contribution < -0.4 is 11.1 Å². The van der Waals surface area contributed by atoms with Gasteiger partial charge in [-0.2, -0.15) is 0 Å². The molecule has 1 unspecified atom stereocenters. The molecule has 78 valence electrons. The van der Waals surface area contributed by atoms with E-state index in [0.717, 1.165) is 16.6 Å². The van der Waals surface area contributed by atoms with Gasteiger partial charge in [-0.3, -0.25) is 0 Å². The molecular weight excluding hydrogens is 247 g/mol. The topological polar surface area (TPSA) is 38.0 Å². The molecule has 0 heterocycles. The first kappa shape index (κ1) is 11.6. The Labute approximate surface area is 91.8 Å². The van der Waals surface area contributed by atoms with Gasteiger partial charge in [0.15, 0.2) is 0 Å². The van der Waals surface area contributed by atoms with E-state index < -0.39 is 0 Å². The maximum atomic E-state index is 12.8. The predicted octanol–water partition coefficient (Wildman–Crippen LogP) is 2.20. The molecule has 3 N–H and O–H groups in total. The monoisotopic (exact) mass is 260 g/mol. The van der Waals surface area contributed by atoms with Gasteiger partial charge in [0.1, 0.15) is 5.82 Å². The minimum Gasteiger partial charge on any atom is -0.329 e. The minimum atomic E-state index is -0.243. The fourth-order valence-electron chi connectivity index (χ4n) is 1.35. The number of hydrogen-bond donors (Lipinski definition) is 2. The van der Waals surface area contributed by atoms with Crippen LogP contribution in [0.25, 0.3) is 0 Å². The van der Waals surface area contributed by atoms with Crippen molar-refractivity contribution >= 4 is 15.9 Å². The lowest BCUT2D eigenvalue weighted by Gasteiger charge is -2.17. The molecule has 1 atom stereocenters. The van der Waals surface area contributed by atoms with Crippen molar-refractivity contribution in [3.63, 3.8) is 0 Å². The Balaban J connectivity index is 2.92. The zero-order chi connectivity index (χ0) is 10.6. The summed E-state index contributed by atoms with van der Waals surface area (Å²) in [6.45, 7) is 3.35. The second kappa shape index (κ2) is 5.44. The van der Waals surface area contributed by atoms with Crippen LogP contribution in [0.4, 0.5) is 4.39 Å². The molecule has 4 heteroatoms. The third kappa shape index (κ3) is 2.77. The van der Waals surface area contributed by atoms with E-state index >= 15 is 0 Å². The van der Waals surface area contributed by atoms with Gasteiger partial charge >= 0.3 is 0 Å². The van der Waals surface area contributed by atoms with E-state index in [-0.39, 0.29) is 11.9 Å². The van der Waals surface area contributed by atoms with E-state index in [9.17, 15) is 4.39 Å². The summed E-state index contributed by atoms with van der Waals surface area (Å²) >= 11 is 3.32. The van der Waals surface area contributed by atoms with E-state index in [1.807, 2.05) is 6.92 Å². The number of nitrogens with one attached hydrogen (secondary N) is 1. The van der Waals surface area contributed by atoms with Crippen molar-refractivity contribution in [2.24, 2.45) is 5.73 Å². The fourth-order valence-corrected chi connectivity index (χ4v) is 1.98. The number of hydrogen-bond acceptors (Lipinski definition) is 2. The van der Waals surface area contributed by atoms with E-state index in [1.54, 1.807) is 6.07 Å². The van der Waals surface area contributed by atoms with E-state index in [2.05, 4.69) is 21.2 Å². The number of nitrogens with two attached hydrogens (primary N) is 1. The Bertz CT molecular complexity index is 304. The van der Waals surface area contributed by atoms with Gasteiger partial charge in [-0.05, 0) is 24.2 Å². The van der Waals surface area contributed by atoms with Crippen LogP contribution in [0.15, 0.2) is 22.7 Å². The summed E-state index contributed by atoms with van der Waals surface area (Å²) in [4.78, 5) is 0. The average Bonchev–Trinajstić information content (AvgIpc) is 2.15. The Morgan fingerprint density at radius 2 is 2.29 bits per heavy atom. The molecule has 1 rings (SSSR count). The molecule has 0 bridgehead atoms. The zero-order valence-electron chi connectivity index (χ0n) is 8.06. The summed E-state index contributed by atoms with van der Waals surface area (Å²) in [5.74, 6) is -0.243. The van der Waals surface area contributed by atoms with Crippen molar-refractivity contribution < 1.29 is 4.39 Å². The number of likely N-dealkylation sites (N-methyl/N-ethyl adjacent to an activating group) is 1. The molecule has 1 aromatic rings. The normalized spacial score (nSPS) is 12.9. The summed E-state index contributed by atoms with van der Waals surface area (Å²) in [6, 6.07) is 4.73. The molecule has 0 aromatic heterocycles. The van der Waals surface area contributed by atoms with Gasteiger partial charge in [0.25, 0.3) is 0 Å². The Morgan fingerprint density at radius 3 is 2.79 bits per heavy atom. The smallest absolute Gasteiger partial charge is 0.124 e. The van der Waals surface area contributed by atoms with Crippen LogP contribution in [0.1, 0.15) is 18.5 Å². The van der Waals surface area contributed by atoms with Gasteiger partial charge in [-0.15, -0.1) is 0 Å². The van der Waals surface area contributed by atoms with E-state index in [4.69, 9.17) is 5.73 Å². The Morgan fingerprint density at radius 1 is 1.57 bits per heavy atom. The maximum Gasteiger partial charge on any atom is 0.124 e. The second-order valence-corrected chi connectivity index (χ2v) is 3.87. The van der Waals surface area contributed by atoms with Crippen LogP contribution in [-0.4, -0.2) is 13.1 Å². The first-order chi connectivity index (χ1) is 6.69. The summed E-state index contributed by atoms with van der Waals surface area (Å²) < 4.78 is 13.6. The SMILES string of the molecule is CCNC(CN)c1ccc(F)cc1Br. The summed E-state index contributed by atoms with van der Waals surface area (Å²) in [7, 11) is 0. The predicted molar refractivity (Wildman–Crippen MR) is 59.6 cm³/mol. The van der Waals surface area contributed by atoms with Crippen molar-refractivity contribution in [1.82, 2.24) is 5.32 Å². The van der Waals surface area contributed by atoms with Crippen LogP contribution in [0.2, 0.25) is 0 Å². The number of rotatable bonds is 4. The molecule has 0 aliphatic rings. The van der Waals surface area contributed by atoms with E-state index in [1.165, 1.54) is 12.1 Å². The maximum absolute atomic E-state index is 12.8. The van der Waals surface area contributed by atoms with E-state index in [0.29, 0.717) is 6.54 Å². The zero-order valence-corrected chi connectivity index (χ0v) is 9.64. The largest absolute Gasteiger partial charge is 0.329 e. The Kier molecular flexibility index (Phi) is 4.51. The standard InChI is InChI=1S/C10H14BrFN2/c1-2-14-10(6-13)8-4-3-7(12)5-9(8)11/h3-5,10,14H,2,6,13H2,1H3. The Hall–Kier alpha value is -0.450. The van der Waals surface area contributed by atoms with Crippen molar-refractivity contribution in [3.8, 4) is 0 Å². The highest BCUT2D eigenvalue weighted by atomic mass is 79.9. The highest BCUT2D eigenvalue weighted by Crippen LogP contribution is 2.23. The second-order valence-electron chi connectivity index (χ2n) is 3.01. The van der Waals surface area contributed by atoms with Crippen LogP contribution in [0, 0.1) is 5.82 Å². The molecule has 0 aliphatic carbocycles. The molecule has 0 aliphatic heterocycles. The first-order valence-corrected chi connectivity index (χ1v) is 5.36. The molecule has 0 amide bonds. The van der Waals surface area contributed by atoms with Gasteiger partial charge in [0, 0.05) is 17.1 Å². The van der Waals surface area contributed by atoms with Crippen LogP contribution >= 0.6 is 15.9 Å². The highest BCUT2D eigenvalue weighted by molar-refractivity contribution is 9.10. The molecule has 1 aromatic carbocycles. The molecule has 2 nitrogen and oxygen atoms in total. The molecule has 0 radical (unpaired) electrons. The average molecular weight is 261 g/mol. The molecule has 0 saturated heterocycles.